The first-order chi connectivity index (χ1) is 17.6. The van der Waals surface area contributed by atoms with Gasteiger partial charge in [0.25, 0.3) is 0 Å². The van der Waals surface area contributed by atoms with Crippen LogP contribution >= 0.6 is 0 Å². The summed E-state index contributed by atoms with van der Waals surface area (Å²) in [6.07, 6.45) is 3.95. The Morgan fingerprint density at radius 1 is 1.05 bits per heavy atom. The minimum absolute atomic E-state index is 0. The van der Waals surface area contributed by atoms with Crippen molar-refractivity contribution in [3.8, 4) is 0 Å². The Labute approximate surface area is 247 Å². The number of carbonyl (C=O) groups excluding carboxylic acids is 2. The number of carbonyl (C=O) groups is 2. The summed E-state index contributed by atoms with van der Waals surface area (Å²) in [5, 5.41) is 16.0. The molecule has 0 spiro atoms. The Morgan fingerprint density at radius 2 is 1.74 bits per heavy atom. The number of unbranched alkanes of at least 4 members (excludes halogenated alkanes) is 1. The van der Waals surface area contributed by atoms with Gasteiger partial charge in [-0.1, -0.05) is 49.7 Å². The molecule has 1 heterocycles. The van der Waals surface area contributed by atoms with Gasteiger partial charge in [0.15, 0.2) is 0 Å². The van der Waals surface area contributed by atoms with Gasteiger partial charge in [-0.3, -0.25) is 4.79 Å². The van der Waals surface area contributed by atoms with Crippen molar-refractivity contribution in [3.63, 3.8) is 0 Å². The van der Waals surface area contributed by atoms with E-state index in [1.54, 1.807) is 12.1 Å². The van der Waals surface area contributed by atoms with Crippen molar-refractivity contribution >= 4 is 32.8 Å². The molecule has 0 saturated heterocycles. The van der Waals surface area contributed by atoms with E-state index in [1.165, 1.54) is 12.1 Å². The van der Waals surface area contributed by atoms with Gasteiger partial charge in [-0.25, -0.2) is 8.42 Å². The number of aliphatic carboxylic acids is 1. The standard InChI is InChI=1S/C28H37N3O5S.Na/c1-20(2)19-31(37(35,36)23-14-11-21(3)12-15-23)26(28(33)34)10-6-7-17-29-27(32)16-13-22-18-30-25-9-5-4-8-24(22)25;/h4-5,8-9,11-12,14-15,18,20,26,30H,6-7,10,13,16-17,19H2,1-3H3,(H,29,32)(H,33,34);/q;+1/p-1/t26-;/m0./s1. The smallest absolute Gasteiger partial charge is 0.548 e. The molecule has 0 fully saturated rings. The maximum Gasteiger partial charge on any atom is 1.00 e. The third-order valence-electron chi connectivity index (χ3n) is 6.32. The molecule has 0 aliphatic carbocycles. The molecule has 38 heavy (non-hydrogen) atoms. The number of carboxylic acid groups (broad SMARTS) is 1. The number of benzene rings is 2. The third kappa shape index (κ3) is 8.68. The molecule has 0 aliphatic heterocycles. The molecule has 0 radical (unpaired) electrons. The van der Waals surface area contributed by atoms with Crippen LogP contribution in [-0.4, -0.2) is 48.7 Å². The molecule has 10 heteroatoms. The monoisotopic (exact) mass is 549 g/mol. The zero-order chi connectivity index (χ0) is 27.0. The van der Waals surface area contributed by atoms with E-state index in [1.807, 2.05) is 51.2 Å². The zero-order valence-corrected chi connectivity index (χ0v) is 25.5. The Bertz CT molecular complexity index is 1310. The van der Waals surface area contributed by atoms with Crippen LogP contribution in [0.15, 0.2) is 59.6 Å². The van der Waals surface area contributed by atoms with E-state index in [2.05, 4.69) is 10.3 Å². The normalized spacial score (nSPS) is 12.4. The van der Waals surface area contributed by atoms with Crippen LogP contribution < -0.4 is 40.0 Å². The SMILES string of the molecule is Cc1ccc(S(=O)(=O)N(CC(C)C)[C@@H](CCCCNC(=O)CCc2c[nH]c3ccccc23)C(=O)[O-])cc1.[Na+]. The number of aromatic nitrogens is 1. The summed E-state index contributed by atoms with van der Waals surface area (Å²) in [4.78, 5) is 27.6. The van der Waals surface area contributed by atoms with E-state index in [9.17, 15) is 23.1 Å². The summed E-state index contributed by atoms with van der Waals surface area (Å²) in [5.74, 6) is -1.57. The first-order valence-electron chi connectivity index (χ1n) is 12.7. The van der Waals surface area contributed by atoms with E-state index in [0.29, 0.717) is 32.2 Å². The number of H-pyrrole nitrogens is 1. The first-order valence-corrected chi connectivity index (χ1v) is 14.1. The van der Waals surface area contributed by atoms with Crippen LogP contribution in [0, 0.1) is 12.8 Å². The van der Waals surface area contributed by atoms with Gasteiger partial charge in [-0.15, -0.1) is 0 Å². The Balaban J connectivity index is 0.00000507. The maximum absolute atomic E-state index is 13.3. The van der Waals surface area contributed by atoms with Crippen molar-refractivity contribution in [3.05, 3.63) is 65.9 Å². The number of fused-ring (bicyclic) bond motifs is 1. The number of carboxylic acids is 1. The minimum Gasteiger partial charge on any atom is -0.548 e. The van der Waals surface area contributed by atoms with E-state index < -0.39 is 22.0 Å². The second kappa shape index (κ2) is 14.8. The van der Waals surface area contributed by atoms with Gasteiger partial charge >= 0.3 is 29.6 Å². The molecule has 1 amide bonds. The predicted octanol–water partition coefficient (Wildman–Crippen LogP) is 0.165. The average molecular weight is 550 g/mol. The van der Waals surface area contributed by atoms with E-state index in [0.717, 1.165) is 26.3 Å². The molecule has 0 aliphatic rings. The fraction of sp³-hybridized carbons (Fsp3) is 0.429. The number of nitrogens with one attached hydrogen (secondary N) is 2. The van der Waals surface area contributed by atoms with Crippen LogP contribution in [0.1, 0.15) is 50.7 Å². The summed E-state index contributed by atoms with van der Waals surface area (Å²) in [6, 6.07) is 13.0. The van der Waals surface area contributed by atoms with Crippen molar-refractivity contribution < 1.29 is 52.7 Å². The number of rotatable bonds is 14. The number of aromatic amines is 1. The van der Waals surface area contributed by atoms with Gasteiger partial charge in [-0.2, -0.15) is 4.31 Å². The Hall–Kier alpha value is -2.17. The van der Waals surface area contributed by atoms with Crippen molar-refractivity contribution in [1.82, 2.24) is 14.6 Å². The van der Waals surface area contributed by atoms with E-state index in [4.69, 9.17) is 0 Å². The summed E-state index contributed by atoms with van der Waals surface area (Å²) in [7, 11) is -4.02. The molecule has 0 bridgehead atoms. The maximum atomic E-state index is 13.3. The van der Waals surface area contributed by atoms with Gasteiger partial charge in [-0.05, 0) is 62.3 Å². The quantitative estimate of drug-likeness (QED) is 0.219. The van der Waals surface area contributed by atoms with Crippen molar-refractivity contribution in [2.45, 2.75) is 63.8 Å². The molecule has 2 N–H and O–H groups in total. The number of para-hydroxylation sites is 1. The predicted molar refractivity (Wildman–Crippen MR) is 142 cm³/mol. The number of hydrogen-bond donors (Lipinski definition) is 2. The number of hydrogen-bond acceptors (Lipinski definition) is 5. The molecule has 0 saturated carbocycles. The molecular weight excluding hydrogens is 513 g/mol. The fourth-order valence-electron chi connectivity index (χ4n) is 4.34. The molecule has 2 aromatic carbocycles. The van der Waals surface area contributed by atoms with Crippen molar-refractivity contribution in [2.75, 3.05) is 13.1 Å². The zero-order valence-electron chi connectivity index (χ0n) is 22.7. The molecule has 0 unspecified atom stereocenters. The van der Waals surface area contributed by atoms with Crippen molar-refractivity contribution in [2.24, 2.45) is 5.92 Å². The Kier molecular flexibility index (Phi) is 12.5. The van der Waals surface area contributed by atoms with Crippen LogP contribution in [0.3, 0.4) is 0 Å². The van der Waals surface area contributed by atoms with Crippen LogP contribution in [0.4, 0.5) is 0 Å². The summed E-state index contributed by atoms with van der Waals surface area (Å²) < 4.78 is 27.7. The number of nitrogens with zero attached hydrogens (tertiary/aromatic N) is 1. The second-order valence-corrected chi connectivity index (χ2v) is 11.7. The summed E-state index contributed by atoms with van der Waals surface area (Å²) in [5.41, 5.74) is 3.04. The van der Waals surface area contributed by atoms with Gasteiger partial charge < -0.3 is 20.2 Å². The molecule has 1 atom stereocenters. The number of sulfonamides is 1. The molecule has 3 aromatic rings. The molecule has 8 nitrogen and oxygen atoms in total. The van der Waals surface area contributed by atoms with Gasteiger partial charge in [0.05, 0.1) is 16.9 Å². The van der Waals surface area contributed by atoms with E-state index >= 15 is 0 Å². The molecular formula is C28H36N3NaO5S. The number of amides is 1. The molecule has 200 valence electrons. The minimum atomic E-state index is -4.02. The summed E-state index contributed by atoms with van der Waals surface area (Å²) in [6.45, 7) is 6.00. The Morgan fingerprint density at radius 3 is 2.39 bits per heavy atom. The topological polar surface area (TPSA) is 122 Å². The van der Waals surface area contributed by atoms with Gasteiger partial charge in [0.1, 0.15) is 0 Å². The first kappa shape index (κ1) is 32.0. The summed E-state index contributed by atoms with van der Waals surface area (Å²) >= 11 is 0. The van der Waals surface area contributed by atoms with Crippen molar-refractivity contribution in [1.29, 1.82) is 0 Å². The average Bonchev–Trinajstić information content (AvgIpc) is 3.27. The van der Waals surface area contributed by atoms with E-state index in [-0.39, 0.29) is 59.2 Å². The number of aryl methyl sites for hydroxylation is 2. The van der Waals surface area contributed by atoms with Gasteiger partial charge in [0, 0.05) is 36.6 Å². The van der Waals surface area contributed by atoms with Crippen LogP contribution in [0.5, 0.6) is 0 Å². The van der Waals surface area contributed by atoms with Crippen LogP contribution in [0.2, 0.25) is 0 Å². The third-order valence-corrected chi connectivity index (χ3v) is 8.20. The fourth-order valence-corrected chi connectivity index (χ4v) is 6.12. The molecule has 1 aromatic heterocycles. The van der Waals surface area contributed by atoms with Gasteiger partial charge in [0.2, 0.25) is 15.9 Å². The van der Waals surface area contributed by atoms with Crippen LogP contribution in [-0.2, 0) is 26.0 Å². The largest absolute Gasteiger partial charge is 1.00 e. The molecule has 3 rings (SSSR count). The van der Waals surface area contributed by atoms with Crippen LogP contribution in [0.25, 0.3) is 10.9 Å². The second-order valence-electron chi connectivity index (χ2n) is 9.82.